The molecule has 18 heavy (non-hydrogen) atoms. The van der Waals surface area contributed by atoms with Gasteiger partial charge in [0.2, 0.25) is 0 Å². The van der Waals surface area contributed by atoms with E-state index < -0.39 is 19.0 Å². The largest absolute Gasteiger partial charge is 0.487 e. The fraction of sp³-hybridized carbons (Fsp3) is 0.154. The van der Waals surface area contributed by atoms with Crippen LogP contribution in [0.4, 0.5) is 8.78 Å². The van der Waals surface area contributed by atoms with Gasteiger partial charge in [0.05, 0.1) is 0 Å². The third-order valence-corrected chi connectivity index (χ3v) is 2.47. The number of alkyl halides is 2. The van der Waals surface area contributed by atoms with Gasteiger partial charge in [0, 0.05) is 0 Å². The van der Waals surface area contributed by atoms with E-state index in [4.69, 9.17) is 9.84 Å². The number of benzene rings is 2. The van der Waals surface area contributed by atoms with Crippen molar-refractivity contribution in [3.8, 4) is 5.75 Å². The molecule has 0 amide bonds. The molecule has 0 aliphatic carbocycles. The number of carboxylic acid groups (broad SMARTS) is 1. The highest BCUT2D eigenvalue weighted by atomic mass is 19.3. The van der Waals surface area contributed by atoms with E-state index in [1.54, 1.807) is 30.3 Å². The number of hydrogen-bond donors (Lipinski definition) is 1. The first kappa shape index (κ1) is 12.3. The van der Waals surface area contributed by atoms with Crippen LogP contribution in [0.2, 0.25) is 0 Å². The first-order chi connectivity index (χ1) is 8.59. The van der Waals surface area contributed by atoms with Gasteiger partial charge in [-0.15, -0.1) is 0 Å². The van der Waals surface area contributed by atoms with Crippen molar-refractivity contribution in [1.82, 2.24) is 0 Å². The Hall–Kier alpha value is -2.17. The Morgan fingerprint density at radius 2 is 1.94 bits per heavy atom. The first-order valence-electron chi connectivity index (χ1n) is 5.25. The number of carbonyl (C=O) groups is 1. The standard InChI is InChI=1S/C13H10F2O3/c14-11(15)7-18-10-6-5-8-3-1-2-4-9(8)12(10)13(16)17/h1-6,11H,7H2,(H,16,17). The Morgan fingerprint density at radius 1 is 1.22 bits per heavy atom. The lowest BCUT2D eigenvalue weighted by Crippen LogP contribution is -2.10. The lowest BCUT2D eigenvalue weighted by Gasteiger charge is -2.11. The zero-order valence-corrected chi connectivity index (χ0v) is 9.27. The predicted octanol–water partition coefficient (Wildman–Crippen LogP) is 3.18. The predicted molar refractivity (Wildman–Crippen MR) is 62.4 cm³/mol. The number of rotatable bonds is 4. The highest BCUT2D eigenvalue weighted by Crippen LogP contribution is 2.28. The molecule has 0 aliphatic rings. The maximum absolute atomic E-state index is 12.1. The maximum atomic E-state index is 12.1. The molecule has 2 rings (SSSR count). The third kappa shape index (κ3) is 2.40. The Kier molecular flexibility index (Phi) is 3.41. The molecule has 0 atom stereocenters. The molecule has 3 nitrogen and oxygen atoms in total. The third-order valence-electron chi connectivity index (χ3n) is 2.47. The second-order valence-electron chi connectivity index (χ2n) is 3.67. The van der Waals surface area contributed by atoms with Gasteiger partial charge in [-0.2, -0.15) is 0 Å². The molecule has 0 spiro atoms. The minimum Gasteiger partial charge on any atom is -0.487 e. The SMILES string of the molecule is O=C(O)c1c(OCC(F)F)ccc2ccccc12. The number of halogens is 2. The zero-order valence-electron chi connectivity index (χ0n) is 9.27. The van der Waals surface area contributed by atoms with Crippen LogP contribution in [0.25, 0.3) is 10.8 Å². The van der Waals surface area contributed by atoms with Crippen molar-refractivity contribution in [2.45, 2.75) is 6.43 Å². The minimum atomic E-state index is -2.64. The molecule has 0 saturated heterocycles. The summed E-state index contributed by atoms with van der Waals surface area (Å²) in [5.74, 6) is -1.24. The zero-order chi connectivity index (χ0) is 13.1. The lowest BCUT2D eigenvalue weighted by molar-refractivity contribution is 0.0667. The van der Waals surface area contributed by atoms with Gasteiger partial charge in [0.1, 0.15) is 17.9 Å². The molecule has 94 valence electrons. The van der Waals surface area contributed by atoms with Crippen LogP contribution in [0, 0.1) is 0 Å². The highest BCUT2D eigenvalue weighted by molar-refractivity contribution is 6.06. The number of fused-ring (bicyclic) bond motifs is 1. The van der Waals surface area contributed by atoms with E-state index >= 15 is 0 Å². The molecule has 1 N–H and O–H groups in total. The van der Waals surface area contributed by atoms with Crippen molar-refractivity contribution >= 4 is 16.7 Å². The summed E-state index contributed by atoms with van der Waals surface area (Å²) < 4.78 is 29.0. The average Bonchev–Trinajstić information content (AvgIpc) is 2.35. The minimum absolute atomic E-state index is 0.0403. The topological polar surface area (TPSA) is 46.5 Å². The van der Waals surface area contributed by atoms with E-state index in [1.165, 1.54) is 6.07 Å². The summed E-state index contributed by atoms with van der Waals surface area (Å²) in [6.45, 7) is -0.821. The summed E-state index contributed by atoms with van der Waals surface area (Å²) in [5.41, 5.74) is -0.0891. The van der Waals surface area contributed by atoms with Gasteiger partial charge in [-0.25, -0.2) is 13.6 Å². The van der Waals surface area contributed by atoms with Crippen molar-refractivity contribution in [2.75, 3.05) is 6.61 Å². The average molecular weight is 252 g/mol. The molecule has 0 fully saturated rings. The van der Waals surface area contributed by atoms with Crippen LogP contribution in [0.3, 0.4) is 0 Å². The molecule has 0 aromatic heterocycles. The van der Waals surface area contributed by atoms with Gasteiger partial charge in [-0.3, -0.25) is 0 Å². The van der Waals surface area contributed by atoms with Crippen molar-refractivity contribution in [3.05, 3.63) is 42.0 Å². The lowest BCUT2D eigenvalue weighted by atomic mass is 10.0. The van der Waals surface area contributed by atoms with Gasteiger partial charge in [0.15, 0.2) is 0 Å². The summed E-state index contributed by atoms with van der Waals surface area (Å²) in [5, 5.41) is 10.4. The van der Waals surface area contributed by atoms with Gasteiger partial charge in [0.25, 0.3) is 6.43 Å². The normalized spacial score (nSPS) is 10.8. The molecule has 0 aliphatic heterocycles. The Balaban J connectivity index is 2.52. The van der Waals surface area contributed by atoms with Crippen LogP contribution in [0.5, 0.6) is 5.75 Å². The van der Waals surface area contributed by atoms with Crippen molar-refractivity contribution in [2.24, 2.45) is 0 Å². The van der Waals surface area contributed by atoms with Crippen molar-refractivity contribution < 1.29 is 23.4 Å². The van der Waals surface area contributed by atoms with E-state index in [0.717, 1.165) is 5.39 Å². The fourth-order valence-electron chi connectivity index (χ4n) is 1.75. The van der Waals surface area contributed by atoms with Crippen LogP contribution in [-0.2, 0) is 0 Å². The smallest absolute Gasteiger partial charge is 0.340 e. The van der Waals surface area contributed by atoms with E-state index in [0.29, 0.717) is 5.39 Å². The molecule has 0 saturated carbocycles. The second-order valence-corrected chi connectivity index (χ2v) is 3.67. The maximum Gasteiger partial charge on any atom is 0.340 e. The summed E-state index contributed by atoms with van der Waals surface area (Å²) in [7, 11) is 0. The number of aromatic carboxylic acids is 1. The molecular weight excluding hydrogens is 242 g/mol. The van der Waals surface area contributed by atoms with E-state index in [2.05, 4.69) is 0 Å². The quantitative estimate of drug-likeness (QED) is 0.909. The van der Waals surface area contributed by atoms with E-state index in [1.807, 2.05) is 0 Å². The number of ether oxygens (including phenoxy) is 1. The molecule has 0 unspecified atom stereocenters. The van der Waals surface area contributed by atoms with Crippen LogP contribution in [-0.4, -0.2) is 24.1 Å². The Bertz CT molecular complexity index is 581. The summed E-state index contributed by atoms with van der Waals surface area (Å²) >= 11 is 0. The Morgan fingerprint density at radius 3 is 2.61 bits per heavy atom. The number of hydrogen-bond acceptors (Lipinski definition) is 2. The molecule has 5 heteroatoms. The van der Waals surface area contributed by atoms with Crippen molar-refractivity contribution in [3.63, 3.8) is 0 Å². The number of carboxylic acids is 1. The van der Waals surface area contributed by atoms with Crippen LogP contribution < -0.4 is 4.74 Å². The van der Waals surface area contributed by atoms with E-state index in [9.17, 15) is 13.6 Å². The summed E-state index contributed by atoms with van der Waals surface area (Å²) in [4.78, 5) is 11.2. The van der Waals surface area contributed by atoms with E-state index in [-0.39, 0.29) is 11.3 Å². The molecular formula is C13H10F2O3. The van der Waals surface area contributed by atoms with Crippen LogP contribution in [0.1, 0.15) is 10.4 Å². The molecule has 0 radical (unpaired) electrons. The molecule has 2 aromatic carbocycles. The van der Waals surface area contributed by atoms with Gasteiger partial charge in [-0.1, -0.05) is 30.3 Å². The fourth-order valence-corrected chi connectivity index (χ4v) is 1.75. The summed E-state index contributed by atoms with van der Waals surface area (Å²) in [6, 6.07) is 9.86. The highest BCUT2D eigenvalue weighted by Gasteiger charge is 2.16. The summed E-state index contributed by atoms with van der Waals surface area (Å²) in [6.07, 6.45) is -2.64. The first-order valence-corrected chi connectivity index (χ1v) is 5.25. The molecule has 2 aromatic rings. The second kappa shape index (κ2) is 5.00. The van der Waals surface area contributed by atoms with Gasteiger partial charge >= 0.3 is 5.97 Å². The monoisotopic (exact) mass is 252 g/mol. The van der Waals surface area contributed by atoms with Crippen molar-refractivity contribution in [1.29, 1.82) is 0 Å². The Labute approximate surface area is 102 Å². The molecule has 0 heterocycles. The van der Waals surface area contributed by atoms with Gasteiger partial charge in [-0.05, 0) is 16.8 Å². The van der Waals surface area contributed by atoms with Crippen LogP contribution in [0.15, 0.2) is 36.4 Å². The van der Waals surface area contributed by atoms with Crippen LogP contribution >= 0.6 is 0 Å². The molecule has 0 bridgehead atoms. The van der Waals surface area contributed by atoms with Gasteiger partial charge < -0.3 is 9.84 Å².